The van der Waals surface area contributed by atoms with Crippen molar-refractivity contribution < 1.29 is 22.9 Å². The van der Waals surface area contributed by atoms with Gasteiger partial charge in [-0.05, 0) is 13.8 Å². The van der Waals surface area contributed by atoms with Crippen molar-refractivity contribution in [1.82, 2.24) is 9.96 Å². The molecule has 0 spiro atoms. The van der Waals surface area contributed by atoms with Gasteiger partial charge in [-0.25, -0.2) is 9.44 Å². The molecule has 0 saturated carbocycles. The number of hydroxylamine groups is 2. The summed E-state index contributed by atoms with van der Waals surface area (Å²) in [5.41, 5.74) is -4.11. The fraction of sp³-hybridized carbons (Fsp3) is 0.417. The average Bonchev–Trinajstić information content (AvgIpc) is 2.56. The molecule has 7 nitrogen and oxygen atoms in total. The minimum Gasteiger partial charge on any atom is -0.618 e. The van der Waals surface area contributed by atoms with Crippen LogP contribution in [0.1, 0.15) is 19.4 Å². The first kappa shape index (κ1) is 16.2. The summed E-state index contributed by atoms with van der Waals surface area (Å²) < 4.78 is 37.2. The third-order valence-electron chi connectivity index (χ3n) is 3.29. The Hall–Kier alpha value is -2.20. The Morgan fingerprint density at radius 3 is 2.36 bits per heavy atom. The molecule has 2 rings (SSSR count). The van der Waals surface area contributed by atoms with Gasteiger partial charge in [0.1, 0.15) is 17.8 Å². The van der Waals surface area contributed by atoms with Gasteiger partial charge < -0.3 is 5.21 Å². The van der Waals surface area contributed by atoms with Gasteiger partial charge in [-0.3, -0.25) is 15.4 Å². The van der Waals surface area contributed by atoms with Crippen LogP contribution in [0, 0.1) is 15.3 Å². The highest BCUT2D eigenvalue weighted by atomic mass is 19.4. The molecule has 1 aliphatic rings. The van der Waals surface area contributed by atoms with Crippen LogP contribution in [-0.2, 0) is 6.18 Å². The topological polar surface area (TPSA) is 95.3 Å². The van der Waals surface area contributed by atoms with Gasteiger partial charge in [-0.2, -0.15) is 13.2 Å². The van der Waals surface area contributed by atoms with Gasteiger partial charge in [-0.1, -0.05) is 0 Å². The number of nitrogens with one attached hydrogen (secondary N) is 1. The number of benzene rings is 1. The Kier molecular flexibility index (Phi) is 3.42. The molecule has 1 heterocycles. The molecule has 1 N–H and O–H groups in total. The molecule has 0 aromatic heterocycles. The van der Waals surface area contributed by atoms with Crippen molar-refractivity contribution >= 4 is 17.4 Å². The standard InChI is InChI=1S/C12H12F3N3O4/c1-11(2)6-18(22,10(19)16-11)7-3-4-9(17(20)21)8(5-7)12(13,14)15/h3-5H,6H2,1-2H3,(H,16,19). The SMILES string of the molecule is CC1(C)C[N+]([O-])(c2ccc([N+](=O)[O-])c(C(F)(F)F)c2)C(=O)N1. The number of rotatable bonds is 2. The zero-order valence-corrected chi connectivity index (χ0v) is 11.6. The highest BCUT2D eigenvalue weighted by Gasteiger charge is 2.48. The second kappa shape index (κ2) is 4.65. The smallest absolute Gasteiger partial charge is 0.423 e. The van der Waals surface area contributed by atoms with E-state index in [0.717, 1.165) is 6.07 Å². The zero-order chi connectivity index (χ0) is 16.9. The first-order valence-corrected chi connectivity index (χ1v) is 6.15. The summed E-state index contributed by atoms with van der Waals surface area (Å²) in [5.74, 6) is 0. The molecule has 1 fully saturated rings. The van der Waals surface area contributed by atoms with Crippen LogP contribution in [0.2, 0.25) is 0 Å². The van der Waals surface area contributed by atoms with E-state index in [4.69, 9.17) is 0 Å². The van der Waals surface area contributed by atoms with Crippen LogP contribution in [0.4, 0.5) is 29.3 Å². The summed E-state index contributed by atoms with van der Waals surface area (Å²) >= 11 is 0. The lowest BCUT2D eigenvalue weighted by atomic mass is 10.1. The minimum absolute atomic E-state index is 0.319. The number of amides is 2. The molecule has 0 bridgehead atoms. The number of urea groups is 1. The van der Waals surface area contributed by atoms with Gasteiger partial charge in [-0.15, -0.1) is 0 Å². The van der Waals surface area contributed by atoms with Crippen LogP contribution in [0.15, 0.2) is 18.2 Å². The first-order chi connectivity index (χ1) is 9.87. The molecular weight excluding hydrogens is 307 g/mol. The molecule has 10 heteroatoms. The largest absolute Gasteiger partial charge is 0.618 e. The van der Waals surface area contributed by atoms with Gasteiger partial charge >= 0.3 is 12.2 Å². The number of carbonyl (C=O) groups excluding carboxylic acids is 1. The predicted molar refractivity (Wildman–Crippen MR) is 70.7 cm³/mol. The molecule has 0 radical (unpaired) electrons. The van der Waals surface area contributed by atoms with E-state index in [1.807, 2.05) is 0 Å². The molecule has 1 aromatic carbocycles. The maximum atomic E-state index is 12.9. The van der Waals surface area contributed by atoms with Crippen molar-refractivity contribution in [3.05, 3.63) is 39.1 Å². The maximum absolute atomic E-state index is 12.9. The van der Waals surface area contributed by atoms with Gasteiger partial charge in [0, 0.05) is 18.2 Å². The Bertz CT molecular complexity index is 660. The average molecular weight is 319 g/mol. The van der Waals surface area contributed by atoms with E-state index in [0.29, 0.717) is 12.1 Å². The van der Waals surface area contributed by atoms with E-state index in [1.165, 1.54) is 0 Å². The Labute approximate surface area is 122 Å². The molecule has 1 unspecified atom stereocenters. The van der Waals surface area contributed by atoms with Gasteiger partial charge in [0.15, 0.2) is 0 Å². The quantitative estimate of drug-likeness (QED) is 0.392. The third kappa shape index (κ3) is 2.62. The molecule has 120 valence electrons. The van der Waals surface area contributed by atoms with Crippen LogP contribution in [0.3, 0.4) is 0 Å². The normalized spacial score (nSPS) is 24.2. The van der Waals surface area contributed by atoms with E-state index in [1.54, 1.807) is 13.8 Å². The number of quaternary nitrogens is 1. The molecular formula is C12H12F3N3O4. The molecule has 2 amide bonds. The first-order valence-electron chi connectivity index (χ1n) is 6.15. The minimum atomic E-state index is -5.01. The highest BCUT2D eigenvalue weighted by Crippen LogP contribution is 2.40. The molecule has 1 saturated heterocycles. The van der Waals surface area contributed by atoms with E-state index < -0.39 is 44.3 Å². The van der Waals surface area contributed by atoms with Crippen molar-refractivity contribution in [2.45, 2.75) is 25.6 Å². The zero-order valence-electron chi connectivity index (χ0n) is 11.6. The van der Waals surface area contributed by atoms with Gasteiger partial charge in [0.2, 0.25) is 0 Å². The second-order valence-corrected chi connectivity index (χ2v) is 5.67. The Morgan fingerprint density at radius 1 is 1.36 bits per heavy atom. The van der Waals surface area contributed by atoms with Gasteiger partial charge in [0.05, 0.1) is 10.5 Å². The lowest BCUT2D eigenvalue weighted by Crippen LogP contribution is -2.46. The van der Waals surface area contributed by atoms with Crippen molar-refractivity contribution in [2.24, 2.45) is 0 Å². The second-order valence-electron chi connectivity index (χ2n) is 5.67. The van der Waals surface area contributed by atoms with E-state index in [2.05, 4.69) is 5.32 Å². The number of carbonyl (C=O) groups is 1. The molecule has 0 aliphatic carbocycles. The molecule has 1 aliphatic heterocycles. The fourth-order valence-corrected chi connectivity index (χ4v) is 2.39. The van der Waals surface area contributed by atoms with E-state index in [9.17, 15) is 33.3 Å². The lowest BCUT2D eigenvalue weighted by Gasteiger charge is -2.34. The summed E-state index contributed by atoms with van der Waals surface area (Å²) in [6.07, 6.45) is -5.01. The van der Waals surface area contributed by atoms with Crippen LogP contribution in [-0.4, -0.2) is 23.0 Å². The monoisotopic (exact) mass is 319 g/mol. The molecule has 22 heavy (non-hydrogen) atoms. The number of nitrogens with zero attached hydrogens (tertiary/aromatic N) is 2. The number of hydrogen-bond acceptors (Lipinski definition) is 4. The van der Waals surface area contributed by atoms with Crippen LogP contribution < -0.4 is 9.96 Å². The number of nitro benzene ring substituents is 1. The van der Waals surface area contributed by atoms with Crippen molar-refractivity contribution in [2.75, 3.05) is 6.54 Å². The summed E-state index contributed by atoms with van der Waals surface area (Å²) in [5, 5.41) is 25.7. The lowest BCUT2D eigenvalue weighted by molar-refractivity contribution is -0.388. The summed E-state index contributed by atoms with van der Waals surface area (Å²) in [6.45, 7) is 2.79. The summed E-state index contributed by atoms with van der Waals surface area (Å²) in [7, 11) is 0. The molecule has 1 aromatic rings. The van der Waals surface area contributed by atoms with Crippen molar-refractivity contribution in [1.29, 1.82) is 0 Å². The Balaban J connectivity index is 2.59. The fourth-order valence-electron chi connectivity index (χ4n) is 2.39. The van der Waals surface area contributed by atoms with Gasteiger partial charge in [0.25, 0.3) is 5.69 Å². The number of hydrogen-bond donors (Lipinski definition) is 1. The van der Waals surface area contributed by atoms with Crippen LogP contribution >= 0.6 is 0 Å². The van der Waals surface area contributed by atoms with E-state index >= 15 is 0 Å². The number of halogens is 3. The maximum Gasteiger partial charge on any atom is 0.423 e. The van der Waals surface area contributed by atoms with Crippen LogP contribution in [0.25, 0.3) is 0 Å². The van der Waals surface area contributed by atoms with Crippen molar-refractivity contribution in [3.63, 3.8) is 0 Å². The molecule has 1 atom stereocenters. The Morgan fingerprint density at radius 2 is 1.95 bits per heavy atom. The third-order valence-corrected chi connectivity index (χ3v) is 3.29. The van der Waals surface area contributed by atoms with Crippen LogP contribution in [0.5, 0.6) is 0 Å². The number of alkyl halides is 3. The van der Waals surface area contributed by atoms with Crippen molar-refractivity contribution in [3.8, 4) is 0 Å². The summed E-state index contributed by atoms with van der Waals surface area (Å²) in [6, 6.07) is 0.828. The number of nitro groups is 1. The van der Waals surface area contributed by atoms with E-state index in [-0.39, 0.29) is 6.54 Å². The predicted octanol–water partition coefficient (Wildman–Crippen LogP) is 2.92. The summed E-state index contributed by atoms with van der Waals surface area (Å²) in [4.78, 5) is 21.3. The highest BCUT2D eigenvalue weighted by molar-refractivity contribution is 5.91.